The summed E-state index contributed by atoms with van der Waals surface area (Å²) in [6, 6.07) is 17.1. The van der Waals surface area contributed by atoms with E-state index in [0.29, 0.717) is 16.9 Å². The lowest BCUT2D eigenvalue weighted by Crippen LogP contribution is -2.17. The molecule has 0 radical (unpaired) electrons. The van der Waals surface area contributed by atoms with Gasteiger partial charge in [0.25, 0.3) is 5.56 Å². The molecule has 130 valence electrons. The molecule has 6 heteroatoms. The van der Waals surface area contributed by atoms with Crippen LogP contribution in [0.25, 0.3) is 16.8 Å². The van der Waals surface area contributed by atoms with Gasteiger partial charge in [0.1, 0.15) is 0 Å². The number of hydrogen-bond donors (Lipinski definition) is 2. The average molecular weight is 347 g/mol. The van der Waals surface area contributed by atoms with Crippen LogP contribution in [0, 0.1) is 0 Å². The Labute approximate surface area is 149 Å². The van der Waals surface area contributed by atoms with Gasteiger partial charge in [-0.3, -0.25) is 19.0 Å². The van der Waals surface area contributed by atoms with Gasteiger partial charge in [-0.1, -0.05) is 18.2 Å². The van der Waals surface area contributed by atoms with Gasteiger partial charge in [0, 0.05) is 30.4 Å². The molecule has 0 aliphatic rings. The van der Waals surface area contributed by atoms with Crippen LogP contribution < -0.4 is 16.6 Å². The van der Waals surface area contributed by atoms with Crippen LogP contribution in [-0.2, 0) is 4.79 Å². The maximum Gasteiger partial charge on any atom is 0.255 e. The van der Waals surface area contributed by atoms with Gasteiger partial charge < -0.3 is 11.1 Å². The number of rotatable bonds is 4. The van der Waals surface area contributed by atoms with E-state index in [0.717, 1.165) is 11.1 Å². The average Bonchev–Trinajstić information content (AvgIpc) is 2.62. The van der Waals surface area contributed by atoms with E-state index in [2.05, 4.69) is 5.32 Å². The monoisotopic (exact) mass is 347 g/mol. The van der Waals surface area contributed by atoms with Crippen LogP contribution in [0.5, 0.6) is 0 Å². The largest absolute Gasteiger partial charge is 0.366 e. The van der Waals surface area contributed by atoms with Crippen molar-refractivity contribution >= 4 is 17.5 Å². The molecule has 0 fully saturated rings. The highest BCUT2D eigenvalue weighted by molar-refractivity contribution is 5.93. The zero-order chi connectivity index (χ0) is 18.7. The van der Waals surface area contributed by atoms with Crippen LogP contribution in [0.3, 0.4) is 0 Å². The molecule has 3 rings (SSSR count). The van der Waals surface area contributed by atoms with Crippen molar-refractivity contribution in [2.24, 2.45) is 5.73 Å². The van der Waals surface area contributed by atoms with Gasteiger partial charge in [0.05, 0.1) is 5.69 Å². The third kappa shape index (κ3) is 3.70. The van der Waals surface area contributed by atoms with Gasteiger partial charge in [-0.05, 0) is 47.5 Å². The fourth-order valence-corrected chi connectivity index (χ4v) is 2.62. The number of nitrogens with one attached hydrogen (secondary N) is 1. The third-order valence-corrected chi connectivity index (χ3v) is 3.86. The molecule has 1 heterocycles. The van der Waals surface area contributed by atoms with Gasteiger partial charge >= 0.3 is 0 Å². The van der Waals surface area contributed by atoms with E-state index >= 15 is 0 Å². The Morgan fingerprint density at radius 3 is 2.31 bits per heavy atom. The first-order valence-corrected chi connectivity index (χ1v) is 7.95. The SMILES string of the molecule is CC(=O)Nc1cccc(-n2cc(-c3ccc(C(N)=O)cc3)ccc2=O)c1. The second-order valence-electron chi connectivity index (χ2n) is 5.80. The molecule has 2 amide bonds. The maximum atomic E-state index is 12.3. The van der Waals surface area contributed by atoms with Crippen molar-refractivity contribution in [1.29, 1.82) is 0 Å². The lowest BCUT2D eigenvalue weighted by molar-refractivity contribution is -0.114. The first-order chi connectivity index (χ1) is 12.4. The Balaban J connectivity index is 2.02. The zero-order valence-electron chi connectivity index (χ0n) is 14.1. The highest BCUT2D eigenvalue weighted by Gasteiger charge is 2.06. The molecule has 0 aliphatic heterocycles. The summed E-state index contributed by atoms with van der Waals surface area (Å²) >= 11 is 0. The first-order valence-electron chi connectivity index (χ1n) is 7.95. The van der Waals surface area contributed by atoms with Crippen molar-refractivity contribution < 1.29 is 9.59 Å². The Morgan fingerprint density at radius 1 is 0.962 bits per heavy atom. The molecule has 0 bridgehead atoms. The number of benzene rings is 2. The molecular weight excluding hydrogens is 330 g/mol. The van der Waals surface area contributed by atoms with E-state index in [1.165, 1.54) is 17.6 Å². The van der Waals surface area contributed by atoms with Gasteiger partial charge in [-0.25, -0.2) is 0 Å². The fourth-order valence-electron chi connectivity index (χ4n) is 2.62. The highest BCUT2D eigenvalue weighted by Crippen LogP contribution is 2.20. The molecule has 0 spiro atoms. The van der Waals surface area contributed by atoms with E-state index in [1.807, 2.05) is 0 Å². The number of carbonyl (C=O) groups is 2. The van der Waals surface area contributed by atoms with E-state index < -0.39 is 5.91 Å². The van der Waals surface area contributed by atoms with Crippen LogP contribution >= 0.6 is 0 Å². The number of pyridine rings is 1. The normalized spacial score (nSPS) is 10.3. The molecule has 0 saturated carbocycles. The summed E-state index contributed by atoms with van der Waals surface area (Å²) in [6.45, 7) is 1.43. The van der Waals surface area contributed by atoms with Gasteiger partial charge in [0.2, 0.25) is 11.8 Å². The van der Waals surface area contributed by atoms with Crippen molar-refractivity contribution in [3.05, 3.63) is 82.8 Å². The standard InChI is InChI=1S/C20H17N3O3/c1-13(24)22-17-3-2-4-18(11-17)23-12-16(9-10-19(23)25)14-5-7-15(8-6-14)20(21)26/h2-12H,1H3,(H2,21,26)(H,22,24). The van der Waals surface area contributed by atoms with Crippen molar-refractivity contribution in [1.82, 2.24) is 4.57 Å². The summed E-state index contributed by atoms with van der Waals surface area (Å²) < 4.78 is 1.50. The van der Waals surface area contributed by atoms with E-state index in [4.69, 9.17) is 5.73 Å². The lowest BCUT2D eigenvalue weighted by atomic mass is 10.1. The second-order valence-corrected chi connectivity index (χ2v) is 5.80. The minimum Gasteiger partial charge on any atom is -0.366 e. The summed E-state index contributed by atoms with van der Waals surface area (Å²) in [7, 11) is 0. The van der Waals surface area contributed by atoms with E-state index in [9.17, 15) is 14.4 Å². The van der Waals surface area contributed by atoms with Crippen molar-refractivity contribution in [3.63, 3.8) is 0 Å². The van der Waals surface area contributed by atoms with Crippen molar-refractivity contribution in [2.75, 3.05) is 5.32 Å². The quantitative estimate of drug-likeness (QED) is 0.759. The molecular formula is C20H17N3O3. The number of primary amides is 1. The van der Waals surface area contributed by atoms with Crippen LogP contribution in [0.15, 0.2) is 71.7 Å². The number of nitrogens with zero attached hydrogens (tertiary/aromatic N) is 1. The van der Waals surface area contributed by atoms with Gasteiger partial charge in [-0.2, -0.15) is 0 Å². The van der Waals surface area contributed by atoms with Crippen molar-refractivity contribution in [3.8, 4) is 16.8 Å². The predicted molar refractivity (Wildman–Crippen MR) is 100 cm³/mol. The Morgan fingerprint density at radius 2 is 1.65 bits per heavy atom. The third-order valence-electron chi connectivity index (χ3n) is 3.86. The van der Waals surface area contributed by atoms with Crippen LogP contribution in [0.4, 0.5) is 5.69 Å². The zero-order valence-corrected chi connectivity index (χ0v) is 14.1. The number of amides is 2. The Bertz CT molecular complexity index is 1040. The number of carbonyl (C=O) groups excluding carboxylic acids is 2. The smallest absolute Gasteiger partial charge is 0.255 e. The first kappa shape index (κ1) is 17.2. The fraction of sp³-hybridized carbons (Fsp3) is 0.0500. The lowest BCUT2D eigenvalue weighted by Gasteiger charge is -2.11. The molecule has 3 N–H and O–H groups in total. The van der Waals surface area contributed by atoms with Crippen LogP contribution in [-0.4, -0.2) is 16.4 Å². The number of aromatic nitrogens is 1. The summed E-state index contributed by atoms with van der Waals surface area (Å²) in [5.74, 6) is -0.672. The maximum absolute atomic E-state index is 12.3. The molecule has 0 atom stereocenters. The minimum atomic E-state index is -0.490. The van der Waals surface area contributed by atoms with E-state index in [-0.39, 0.29) is 11.5 Å². The molecule has 0 saturated heterocycles. The number of hydrogen-bond acceptors (Lipinski definition) is 3. The molecule has 1 aromatic heterocycles. The van der Waals surface area contributed by atoms with Crippen molar-refractivity contribution in [2.45, 2.75) is 6.92 Å². The molecule has 3 aromatic rings. The molecule has 0 unspecified atom stereocenters. The Kier molecular flexibility index (Phi) is 4.66. The number of nitrogens with two attached hydrogens (primary N) is 1. The predicted octanol–water partition coefficient (Wildman–Crippen LogP) is 2.56. The topological polar surface area (TPSA) is 94.2 Å². The van der Waals surface area contributed by atoms with Gasteiger partial charge in [-0.15, -0.1) is 0 Å². The summed E-state index contributed by atoms with van der Waals surface area (Å²) in [5.41, 5.74) is 8.39. The van der Waals surface area contributed by atoms with E-state index in [1.54, 1.807) is 60.8 Å². The minimum absolute atomic E-state index is 0.183. The molecule has 6 nitrogen and oxygen atoms in total. The summed E-state index contributed by atoms with van der Waals surface area (Å²) in [4.78, 5) is 34.7. The molecule has 26 heavy (non-hydrogen) atoms. The number of anilines is 1. The Hall–Kier alpha value is -3.67. The second kappa shape index (κ2) is 7.06. The molecule has 0 aliphatic carbocycles. The highest BCUT2D eigenvalue weighted by atomic mass is 16.2. The molecule has 2 aromatic carbocycles. The summed E-state index contributed by atoms with van der Waals surface area (Å²) in [5, 5.41) is 2.70. The van der Waals surface area contributed by atoms with Gasteiger partial charge in [0.15, 0.2) is 0 Å². The van der Waals surface area contributed by atoms with Crippen LogP contribution in [0.1, 0.15) is 17.3 Å². The summed E-state index contributed by atoms with van der Waals surface area (Å²) in [6.07, 6.45) is 1.72. The van der Waals surface area contributed by atoms with Crippen LogP contribution in [0.2, 0.25) is 0 Å².